The fraction of sp³-hybridized carbons (Fsp3) is 1.00. The molecule has 0 aromatic carbocycles. The Morgan fingerprint density at radius 1 is 1.00 bits per heavy atom. The molecular formula is C16H36N2. The molecule has 0 saturated carbocycles. The minimum atomic E-state index is 0.718. The predicted molar refractivity (Wildman–Crippen MR) is 83.2 cm³/mol. The minimum Gasteiger partial charge on any atom is -0.317 e. The van der Waals surface area contributed by atoms with Crippen LogP contribution < -0.4 is 5.32 Å². The van der Waals surface area contributed by atoms with E-state index in [1.54, 1.807) is 0 Å². The van der Waals surface area contributed by atoms with Crippen LogP contribution in [0.5, 0.6) is 0 Å². The number of nitrogens with zero attached hydrogens (tertiary/aromatic N) is 1. The third-order valence-corrected chi connectivity index (χ3v) is 3.78. The average Bonchev–Trinajstić information content (AvgIpc) is 2.34. The summed E-state index contributed by atoms with van der Waals surface area (Å²) in [5, 5.41) is 3.42. The van der Waals surface area contributed by atoms with Gasteiger partial charge in [-0.1, -0.05) is 34.6 Å². The second-order valence-electron chi connectivity index (χ2n) is 5.91. The van der Waals surface area contributed by atoms with E-state index in [9.17, 15) is 0 Å². The molecule has 0 aromatic rings. The number of rotatable bonds is 11. The van der Waals surface area contributed by atoms with Gasteiger partial charge in [-0.15, -0.1) is 0 Å². The van der Waals surface area contributed by atoms with Gasteiger partial charge in [-0.25, -0.2) is 0 Å². The number of nitrogens with one attached hydrogen (secondary N) is 1. The van der Waals surface area contributed by atoms with Gasteiger partial charge in [0.25, 0.3) is 0 Å². The summed E-state index contributed by atoms with van der Waals surface area (Å²) in [6, 6.07) is 1.48. The Kier molecular flexibility index (Phi) is 10.8. The fourth-order valence-electron chi connectivity index (χ4n) is 2.73. The van der Waals surface area contributed by atoms with Crippen LogP contribution in [0.4, 0.5) is 0 Å². The molecule has 0 rings (SSSR count). The Bertz CT molecular complexity index is 176. The summed E-state index contributed by atoms with van der Waals surface area (Å²) in [4.78, 5) is 2.75. The molecule has 1 unspecified atom stereocenters. The van der Waals surface area contributed by atoms with Crippen LogP contribution in [0.25, 0.3) is 0 Å². The zero-order valence-corrected chi connectivity index (χ0v) is 13.6. The van der Waals surface area contributed by atoms with E-state index in [1.807, 2.05) is 0 Å². The molecule has 0 radical (unpaired) electrons. The first kappa shape index (κ1) is 17.9. The first-order valence-electron chi connectivity index (χ1n) is 8.03. The third-order valence-electron chi connectivity index (χ3n) is 3.78. The van der Waals surface area contributed by atoms with Crippen molar-refractivity contribution in [3.63, 3.8) is 0 Å². The van der Waals surface area contributed by atoms with Crippen molar-refractivity contribution < 1.29 is 0 Å². The quantitative estimate of drug-likeness (QED) is 0.564. The molecule has 0 saturated heterocycles. The van der Waals surface area contributed by atoms with Crippen LogP contribution >= 0.6 is 0 Å². The Labute approximate surface area is 116 Å². The average molecular weight is 256 g/mol. The molecule has 0 bridgehead atoms. The highest BCUT2D eigenvalue weighted by molar-refractivity contribution is 4.76. The SMILES string of the molecule is CCNCCCC(C)N(CC(C)C)C(CC)CC. The van der Waals surface area contributed by atoms with E-state index >= 15 is 0 Å². The molecule has 0 aliphatic rings. The fourth-order valence-corrected chi connectivity index (χ4v) is 2.73. The van der Waals surface area contributed by atoms with Gasteiger partial charge >= 0.3 is 0 Å². The van der Waals surface area contributed by atoms with Gasteiger partial charge in [0.05, 0.1) is 0 Å². The van der Waals surface area contributed by atoms with Crippen molar-refractivity contribution in [1.29, 1.82) is 0 Å². The Morgan fingerprint density at radius 3 is 2.06 bits per heavy atom. The minimum absolute atomic E-state index is 0.718. The maximum Gasteiger partial charge on any atom is 0.00929 e. The van der Waals surface area contributed by atoms with E-state index in [0.717, 1.165) is 24.5 Å². The molecule has 2 heteroatoms. The lowest BCUT2D eigenvalue weighted by molar-refractivity contribution is 0.111. The van der Waals surface area contributed by atoms with Gasteiger partial charge in [-0.3, -0.25) is 4.90 Å². The van der Waals surface area contributed by atoms with Crippen molar-refractivity contribution in [1.82, 2.24) is 10.2 Å². The van der Waals surface area contributed by atoms with Crippen LogP contribution in [0.3, 0.4) is 0 Å². The van der Waals surface area contributed by atoms with E-state index in [-0.39, 0.29) is 0 Å². The molecule has 1 N–H and O–H groups in total. The van der Waals surface area contributed by atoms with Crippen LogP contribution in [-0.2, 0) is 0 Å². The topological polar surface area (TPSA) is 15.3 Å². The van der Waals surface area contributed by atoms with Crippen molar-refractivity contribution in [2.45, 2.75) is 79.3 Å². The highest BCUT2D eigenvalue weighted by atomic mass is 15.2. The standard InChI is InChI=1S/C16H36N2/c1-7-16(8-2)18(13-14(4)5)15(6)11-10-12-17-9-3/h14-17H,7-13H2,1-6H3. The molecule has 0 spiro atoms. The summed E-state index contributed by atoms with van der Waals surface area (Å²) >= 11 is 0. The Morgan fingerprint density at radius 2 is 1.61 bits per heavy atom. The highest BCUT2D eigenvalue weighted by Crippen LogP contribution is 2.17. The van der Waals surface area contributed by atoms with Crippen molar-refractivity contribution in [2.75, 3.05) is 19.6 Å². The summed E-state index contributed by atoms with van der Waals surface area (Å²) < 4.78 is 0. The maximum absolute atomic E-state index is 3.42. The maximum atomic E-state index is 3.42. The Hall–Kier alpha value is -0.0800. The van der Waals surface area contributed by atoms with Crippen LogP contribution in [0, 0.1) is 5.92 Å². The van der Waals surface area contributed by atoms with E-state index in [0.29, 0.717) is 0 Å². The molecule has 0 aromatic heterocycles. The van der Waals surface area contributed by atoms with Crippen LogP contribution in [0.1, 0.15) is 67.2 Å². The van der Waals surface area contributed by atoms with Crippen molar-refractivity contribution in [3.8, 4) is 0 Å². The molecule has 18 heavy (non-hydrogen) atoms. The van der Waals surface area contributed by atoms with Crippen molar-refractivity contribution in [3.05, 3.63) is 0 Å². The zero-order valence-electron chi connectivity index (χ0n) is 13.6. The molecule has 0 aliphatic heterocycles. The van der Waals surface area contributed by atoms with Crippen molar-refractivity contribution in [2.24, 2.45) is 5.92 Å². The first-order chi connectivity index (χ1) is 8.56. The lowest BCUT2D eigenvalue weighted by Gasteiger charge is -2.37. The highest BCUT2D eigenvalue weighted by Gasteiger charge is 2.21. The summed E-state index contributed by atoms with van der Waals surface area (Å²) in [7, 11) is 0. The number of hydrogen-bond acceptors (Lipinski definition) is 2. The molecule has 0 amide bonds. The van der Waals surface area contributed by atoms with Gasteiger partial charge in [0.2, 0.25) is 0 Å². The summed E-state index contributed by atoms with van der Waals surface area (Å²) in [6.45, 7) is 17.4. The molecule has 1 atom stereocenters. The lowest BCUT2D eigenvalue weighted by atomic mass is 10.0. The monoisotopic (exact) mass is 256 g/mol. The Balaban J connectivity index is 4.25. The second-order valence-corrected chi connectivity index (χ2v) is 5.91. The van der Waals surface area contributed by atoms with Crippen molar-refractivity contribution >= 4 is 0 Å². The van der Waals surface area contributed by atoms with Gasteiger partial charge < -0.3 is 5.32 Å². The first-order valence-corrected chi connectivity index (χ1v) is 8.03. The van der Waals surface area contributed by atoms with Crippen LogP contribution in [0.15, 0.2) is 0 Å². The molecule has 2 nitrogen and oxygen atoms in total. The van der Waals surface area contributed by atoms with Crippen LogP contribution in [0.2, 0.25) is 0 Å². The van der Waals surface area contributed by atoms with E-state index in [2.05, 4.69) is 51.8 Å². The molecule has 0 heterocycles. The second kappa shape index (κ2) is 10.8. The van der Waals surface area contributed by atoms with Gasteiger partial charge in [-0.05, 0) is 51.6 Å². The normalized spacial score (nSPS) is 13.8. The van der Waals surface area contributed by atoms with Gasteiger partial charge in [0.1, 0.15) is 0 Å². The molecule has 0 fully saturated rings. The molecule has 0 aliphatic carbocycles. The van der Waals surface area contributed by atoms with Gasteiger partial charge in [0.15, 0.2) is 0 Å². The predicted octanol–water partition coefficient (Wildman–Crippen LogP) is 3.91. The van der Waals surface area contributed by atoms with Gasteiger partial charge in [-0.2, -0.15) is 0 Å². The summed E-state index contributed by atoms with van der Waals surface area (Å²) in [5.41, 5.74) is 0. The molecular weight excluding hydrogens is 220 g/mol. The van der Waals surface area contributed by atoms with Crippen LogP contribution in [-0.4, -0.2) is 36.6 Å². The van der Waals surface area contributed by atoms with Gasteiger partial charge in [0, 0.05) is 18.6 Å². The third kappa shape index (κ3) is 7.38. The van der Waals surface area contributed by atoms with E-state index in [4.69, 9.17) is 0 Å². The summed E-state index contributed by atoms with van der Waals surface area (Å²) in [6.07, 6.45) is 5.17. The smallest absolute Gasteiger partial charge is 0.00929 e. The van der Waals surface area contributed by atoms with E-state index in [1.165, 1.54) is 38.8 Å². The summed E-state index contributed by atoms with van der Waals surface area (Å²) in [5.74, 6) is 0.766. The largest absolute Gasteiger partial charge is 0.317 e. The number of hydrogen-bond donors (Lipinski definition) is 1. The lowest BCUT2D eigenvalue weighted by Crippen LogP contribution is -2.43. The zero-order chi connectivity index (χ0) is 14.0. The molecule has 110 valence electrons. The van der Waals surface area contributed by atoms with E-state index < -0.39 is 0 Å².